The fraction of sp³-hybridized carbons (Fsp3) is 0.400. The van der Waals surface area contributed by atoms with Crippen LogP contribution in [0.1, 0.15) is 30.4 Å². The van der Waals surface area contributed by atoms with Gasteiger partial charge in [0.05, 0.1) is 6.42 Å². The van der Waals surface area contributed by atoms with Gasteiger partial charge in [-0.3, -0.25) is 9.78 Å². The fourth-order valence-corrected chi connectivity index (χ4v) is 3.34. The number of nitrogens with zero attached hydrogens (tertiary/aromatic N) is 2. The number of aryl methyl sites for hydroxylation is 1. The molecule has 0 spiro atoms. The highest BCUT2D eigenvalue weighted by Crippen LogP contribution is 2.22. The first-order chi connectivity index (χ1) is 11.7. The lowest BCUT2D eigenvalue weighted by atomic mass is 9.91. The van der Waals surface area contributed by atoms with Crippen molar-refractivity contribution in [3.05, 3.63) is 65.7 Å². The molecule has 0 aliphatic carbocycles. The van der Waals surface area contributed by atoms with E-state index in [0.717, 1.165) is 49.9 Å². The average molecular weight is 326 g/mol. The number of amides is 1. The number of pyridine rings is 1. The van der Waals surface area contributed by atoms with Crippen LogP contribution in [-0.4, -0.2) is 28.9 Å². The summed E-state index contributed by atoms with van der Waals surface area (Å²) < 4.78 is 13.0. The SMILES string of the molecule is O=C(Cc1cccnc1)N1CCC[C@H](CCc2ccc(F)cc2)C1. The monoisotopic (exact) mass is 326 g/mol. The van der Waals surface area contributed by atoms with Gasteiger partial charge in [0, 0.05) is 25.5 Å². The molecule has 1 aromatic carbocycles. The van der Waals surface area contributed by atoms with Gasteiger partial charge in [0.1, 0.15) is 5.82 Å². The van der Waals surface area contributed by atoms with Gasteiger partial charge in [-0.25, -0.2) is 4.39 Å². The Bertz CT molecular complexity index is 657. The molecule has 1 atom stereocenters. The molecular formula is C20H23FN2O. The van der Waals surface area contributed by atoms with Gasteiger partial charge in [-0.2, -0.15) is 0 Å². The Kier molecular flexibility index (Phi) is 5.57. The van der Waals surface area contributed by atoms with E-state index in [4.69, 9.17) is 0 Å². The van der Waals surface area contributed by atoms with Crippen LogP contribution >= 0.6 is 0 Å². The van der Waals surface area contributed by atoms with Gasteiger partial charge in [-0.1, -0.05) is 18.2 Å². The second-order valence-electron chi connectivity index (χ2n) is 6.55. The first kappa shape index (κ1) is 16.6. The maximum atomic E-state index is 13.0. The van der Waals surface area contributed by atoms with Gasteiger partial charge in [0.2, 0.25) is 5.91 Å². The Morgan fingerprint density at radius 2 is 2.04 bits per heavy atom. The molecule has 24 heavy (non-hydrogen) atoms. The summed E-state index contributed by atoms with van der Waals surface area (Å²) >= 11 is 0. The smallest absolute Gasteiger partial charge is 0.227 e. The third-order valence-corrected chi connectivity index (χ3v) is 4.70. The Morgan fingerprint density at radius 3 is 2.79 bits per heavy atom. The molecule has 3 nitrogen and oxygen atoms in total. The number of hydrogen-bond acceptors (Lipinski definition) is 2. The molecule has 126 valence electrons. The number of aromatic nitrogens is 1. The number of hydrogen-bond donors (Lipinski definition) is 0. The number of piperidine rings is 1. The average Bonchev–Trinajstić information content (AvgIpc) is 2.62. The van der Waals surface area contributed by atoms with E-state index in [0.29, 0.717) is 12.3 Å². The fourth-order valence-electron chi connectivity index (χ4n) is 3.34. The molecule has 0 radical (unpaired) electrons. The minimum Gasteiger partial charge on any atom is -0.342 e. The van der Waals surface area contributed by atoms with E-state index in [-0.39, 0.29) is 11.7 Å². The molecule has 2 aromatic rings. The van der Waals surface area contributed by atoms with Crippen LogP contribution in [0.4, 0.5) is 4.39 Å². The topological polar surface area (TPSA) is 33.2 Å². The minimum atomic E-state index is -0.191. The molecule has 1 saturated heterocycles. The van der Waals surface area contributed by atoms with Crippen LogP contribution in [0.25, 0.3) is 0 Å². The van der Waals surface area contributed by atoms with E-state index >= 15 is 0 Å². The van der Waals surface area contributed by atoms with Crippen LogP contribution in [0.15, 0.2) is 48.8 Å². The number of likely N-dealkylation sites (tertiary alicyclic amines) is 1. The molecule has 0 unspecified atom stereocenters. The van der Waals surface area contributed by atoms with Gasteiger partial charge >= 0.3 is 0 Å². The second-order valence-corrected chi connectivity index (χ2v) is 6.55. The molecule has 1 aromatic heterocycles. The van der Waals surface area contributed by atoms with E-state index in [9.17, 15) is 9.18 Å². The predicted molar refractivity (Wildman–Crippen MR) is 92.0 cm³/mol. The summed E-state index contributed by atoms with van der Waals surface area (Å²) in [7, 11) is 0. The molecule has 0 bridgehead atoms. The van der Waals surface area contributed by atoms with Crippen molar-refractivity contribution < 1.29 is 9.18 Å². The molecule has 4 heteroatoms. The first-order valence-electron chi connectivity index (χ1n) is 8.62. The second kappa shape index (κ2) is 8.04. The maximum Gasteiger partial charge on any atom is 0.227 e. The summed E-state index contributed by atoms with van der Waals surface area (Å²) in [5.74, 6) is 0.528. The van der Waals surface area contributed by atoms with Gasteiger partial charge in [-0.05, 0) is 60.9 Å². The predicted octanol–water partition coefficient (Wildman–Crippen LogP) is 3.63. The normalized spacial score (nSPS) is 17.7. The van der Waals surface area contributed by atoms with Crippen LogP contribution < -0.4 is 0 Å². The van der Waals surface area contributed by atoms with Crippen LogP contribution in [0.5, 0.6) is 0 Å². The largest absolute Gasteiger partial charge is 0.342 e. The summed E-state index contributed by atoms with van der Waals surface area (Å²) in [6.07, 6.45) is 8.12. The molecule has 2 heterocycles. The van der Waals surface area contributed by atoms with Gasteiger partial charge in [0.25, 0.3) is 0 Å². The van der Waals surface area contributed by atoms with Crippen molar-refractivity contribution in [2.75, 3.05) is 13.1 Å². The highest BCUT2D eigenvalue weighted by Gasteiger charge is 2.23. The zero-order valence-corrected chi connectivity index (χ0v) is 13.8. The zero-order valence-electron chi connectivity index (χ0n) is 13.8. The molecule has 0 saturated carbocycles. The van der Waals surface area contributed by atoms with E-state index in [1.807, 2.05) is 29.2 Å². The molecular weight excluding hydrogens is 303 g/mol. The van der Waals surface area contributed by atoms with Crippen LogP contribution in [-0.2, 0) is 17.6 Å². The Balaban J connectivity index is 1.50. The standard InChI is InChI=1S/C20H23FN2O/c21-19-9-7-16(8-10-19)5-6-17-4-2-12-23(15-17)20(24)13-18-3-1-11-22-14-18/h1,3,7-11,14,17H,2,4-6,12-13,15H2/t17-/m1/s1. The third-order valence-electron chi connectivity index (χ3n) is 4.70. The van der Waals surface area contributed by atoms with Gasteiger partial charge in [0.15, 0.2) is 0 Å². The Labute approximate surface area is 142 Å². The van der Waals surface area contributed by atoms with Crippen LogP contribution in [0.3, 0.4) is 0 Å². The molecule has 1 aliphatic rings. The van der Waals surface area contributed by atoms with Crippen molar-refractivity contribution in [1.82, 2.24) is 9.88 Å². The van der Waals surface area contributed by atoms with E-state index < -0.39 is 0 Å². The molecule has 1 fully saturated rings. The van der Waals surface area contributed by atoms with E-state index in [1.54, 1.807) is 12.4 Å². The number of carbonyl (C=O) groups excluding carboxylic acids is 1. The minimum absolute atomic E-state index is 0.189. The van der Waals surface area contributed by atoms with E-state index in [1.165, 1.54) is 12.1 Å². The van der Waals surface area contributed by atoms with Crippen LogP contribution in [0.2, 0.25) is 0 Å². The summed E-state index contributed by atoms with van der Waals surface area (Å²) in [4.78, 5) is 18.5. The van der Waals surface area contributed by atoms with E-state index in [2.05, 4.69) is 4.98 Å². The lowest BCUT2D eigenvalue weighted by molar-refractivity contribution is -0.132. The van der Waals surface area contributed by atoms with Crippen molar-refractivity contribution in [2.45, 2.75) is 32.1 Å². The van der Waals surface area contributed by atoms with Crippen molar-refractivity contribution >= 4 is 5.91 Å². The number of rotatable bonds is 5. The zero-order chi connectivity index (χ0) is 16.8. The Morgan fingerprint density at radius 1 is 1.21 bits per heavy atom. The summed E-state index contributed by atoms with van der Waals surface area (Å²) in [6, 6.07) is 10.5. The van der Waals surface area contributed by atoms with Gasteiger partial charge < -0.3 is 4.90 Å². The van der Waals surface area contributed by atoms with Crippen molar-refractivity contribution in [1.29, 1.82) is 0 Å². The molecule has 1 aliphatic heterocycles. The van der Waals surface area contributed by atoms with Crippen molar-refractivity contribution in [3.8, 4) is 0 Å². The lowest BCUT2D eigenvalue weighted by Crippen LogP contribution is -2.40. The molecule has 3 rings (SSSR count). The highest BCUT2D eigenvalue weighted by molar-refractivity contribution is 5.78. The van der Waals surface area contributed by atoms with Gasteiger partial charge in [-0.15, -0.1) is 0 Å². The molecule has 1 amide bonds. The van der Waals surface area contributed by atoms with Crippen LogP contribution in [0, 0.1) is 11.7 Å². The quantitative estimate of drug-likeness (QED) is 0.840. The number of benzene rings is 1. The maximum absolute atomic E-state index is 13.0. The number of carbonyl (C=O) groups is 1. The first-order valence-corrected chi connectivity index (χ1v) is 8.62. The van der Waals surface area contributed by atoms with Crippen molar-refractivity contribution in [2.24, 2.45) is 5.92 Å². The summed E-state index contributed by atoms with van der Waals surface area (Å²) in [5, 5.41) is 0. The highest BCUT2D eigenvalue weighted by atomic mass is 19.1. The summed E-state index contributed by atoms with van der Waals surface area (Å²) in [5.41, 5.74) is 2.13. The number of halogens is 1. The van der Waals surface area contributed by atoms with Crippen molar-refractivity contribution in [3.63, 3.8) is 0 Å². The Hall–Kier alpha value is -2.23. The summed E-state index contributed by atoms with van der Waals surface area (Å²) in [6.45, 7) is 1.69. The lowest BCUT2D eigenvalue weighted by Gasteiger charge is -2.33. The third kappa shape index (κ3) is 4.63. The molecule has 0 N–H and O–H groups in total.